The van der Waals surface area contributed by atoms with Crippen molar-refractivity contribution < 1.29 is 4.52 Å². The molecular formula is C14H15BrOP+. The molecule has 1 unspecified atom stereocenters. The fourth-order valence-electron chi connectivity index (χ4n) is 1.60. The van der Waals surface area contributed by atoms with Crippen molar-refractivity contribution in [2.24, 2.45) is 0 Å². The van der Waals surface area contributed by atoms with Gasteiger partial charge in [0.25, 0.3) is 6.19 Å². The van der Waals surface area contributed by atoms with Crippen LogP contribution in [0.3, 0.4) is 0 Å². The number of hydrogen-bond acceptors (Lipinski definition) is 1. The van der Waals surface area contributed by atoms with Gasteiger partial charge >= 0.3 is 0 Å². The zero-order valence-corrected chi connectivity index (χ0v) is 12.2. The maximum Gasteiger partial charge on any atom is 0.290 e. The Bertz CT molecular complexity index is 460. The monoisotopic (exact) mass is 309 g/mol. The number of rotatable bonds is 4. The third-order valence-electron chi connectivity index (χ3n) is 2.54. The van der Waals surface area contributed by atoms with Crippen LogP contribution in [0.15, 0.2) is 60.7 Å². The fourth-order valence-corrected chi connectivity index (χ4v) is 4.48. The molecule has 3 heteroatoms. The summed E-state index contributed by atoms with van der Waals surface area (Å²) in [6, 6.07) is 20.3. The maximum atomic E-state index is 6.16. The molecule has 2 aromatic carbocycles. The van der Waals surface area contributed by atoms with Crippen molar-refractivity contribution >= 4 is 27.0 Å². The molecule has 0 amide bonds. The highest BCUT2D eigenvalue weighted by molar-refractivity contribution is 9.42. The molecule has 0 aromatic heterocycles. The Labute approximate surface area is 111 Å². The standard InChI is InChI=1S/C14H15BrOP/c1-2-17(15,14-11-7-4-8-12-14)16-13-9-5-3-6-10-13/h3-12H,2H2,1H3/q+1. The van der Waals surface area contributed by atoms with E-state index in [0.717, 1.165) is 11.9 Å². The van der Waals surface area contributed by atoms with Gasteiger partial charge in [-0.1, -0.05) is 36.4 Å². The molecule has 0 saturated heterocycles. The van der Waals surface area contributed by atoms with Crippen LogP contribution in [0.5, 0.6) is 5.75 Å². The molecule has 0 fully saturated rings. The topological polar surface area (TPSA) is 9.23 Å². The molecule has 0 aliphatic carbocycles. The molecule has 0 heterocycles. The maximum absolute atomic E-state index is 6.16. The lowest BCUT2D eigenvalue weighted by Crippen LogP contribution is -2.12. The summed E-state index contributed by atoms with van der Waals surface area (Å²) < 4.78 is 6.16. The first-order valence-electron chi connectivity index (χ1n) is 5.62. The Morgan fingerprint density at radius 1 is 0.941 bits per heavy atom. The van der Waals surface area contributed by atoms with Gasteiger partial charge in [0, 0.05) is 0 Å². The lowest BCUT2D eigenvalue weighted by Gasteiger charge is -2.17. The molecule has 88 valence electrons. The van der Waals surface area contributed by atoms with E-state index in [2.05, 4.69) is 46.7 Å². The minimum atomic E-state index is -1.71. The molecule has 0 spiro atoms. The summed E-state index contributed by atoms with van der Waals surface area (Å²) in [4.78, 5) is 0. The molecule has 0 radical (unpaired) electrons. The predicted octanol–water partition coefficient (Wildman–Crippen LogP) is 4.65. The van der Waals surface area contributed by atoms with Gasteiger partial charge in [-0.2, -0.15) is 0 Å². The Kier molecular flexibility index (Phi) is 4.20. The minimum absolute atomic E-state index is 0.920. The second-order valence-electron chi connectivity index (χ2n) is 3.71. The van der Waals surface area contributed by atoms with Gasteiger partial charge in [-0.15, -0.1) is 0 Å². The summed E-state index contributed by atoms with van der Waals surface area (Å²) in [6.07, 6.45) is -0.748. The van der Waals surface area contributed by atoms with E-state index in [1.807, 2.05) is 36.4 Å². The summed E-state index contributed by atoms with van der Waals surface area (Å²) in [5, 5.41) is 1.24. The summed E-state index contributed by atoms with van der Waals surface area (Å²) >= 11 is 3.82. The lowest BCUT2D eigenvalue weighted by molar-refractivity contribution is 0.619. The summed E-state index contributed by atoms with van der Waals surface area (Å²) in [5.41, 5.74) is 0. The average molecular weight is 310 g/mol. The number of halogens is 1. The van der Waals surface area contributed by atoms with Crippen LogP contribution in [0.1, 0.15) is 6.92 Å². The van der Waals surface area contributed by atoms with Crippen molar-refractivity contribution in [2.75, 3.05) is 6.16 Å². The van der Waals surface area contributed by atoms with Gasteiger partial charge < -0.3 is 4.52 Å². The van der Waals surface area contributed by atoms with Crippen LogP contribution in [0, 0.1) is 0 Å². The molecular weight excluding hydrogens is 295 g/mol. The van der Waals surface area contributed by atoms with Crippen LogP contribution in [-0.2, 0) is 0 Å². The molecule has 1 nitrogen and oxygen atoms in total. The number of para-hydroxylation sites is 1. The molecule has 2 rings (SSSR count). The Morgan fingerprint density at radius 2 is 1.47 bits per heavy atom. The third kappa shape index (κ3) is 3.08. The van der Waals surface area contributed by atoms with Gasteiger partial charge in [-0.3, -0.25) is 0 Å². The van der Waals surface area contributed by atoms with Crippen LogP contribution >= 0.6 is 21.7 Å². The summed E-state index contributed by atoms with van der Waals surface area (Å²) in [7, 11) is 0. The largest absolute Gasteiger partial charge is 0.334 e. The van der Waals surface area contributed by atoms with Gasteiger partial charge in [0.2, 0.25) is 0 Å². The van der Waals surface area contributed by atoms with Crippen LogP contribution in [-0.4, -0.2) is 6.16 Å². The van der Waals surface area contributed by atoms with E-state index < -0.39 is 6.19 Å². The second kappa shape index (κ2) is 5.66. The first-order valence-corrected chi connectivity index (χ1v) is 9.53. The molecule has 2 aromatic rings. The SMILES string of the molecule is CC[P+](Br)(Oc1ccccc1)c1ccccc1. The van der Waals surface area contributed by atoms with Gasteiger partial charge in [0.05, 0.1) is 0 Å². The average Bonchev–Trinajstić information content (AvgIpc) is 2.41. The third-order valence-corrected chi connectivity index (χ3v) is 8.09. The molecule has 17 heavy (non-hydrogen) atoms. The van der Waals surface area contributed by atoms with Crippen molar-refractivity contribution in [2.45, 2.75) is 6.92 Å². The van der Waals surface area contributed by atoms with E-state index in [1.54, 1.807) is 0 Å². The van der Waals surface area contributed by atoms with Crippen molar-refractivity contribution in [3.63, 3.8) is 0 Å². The Balaban J connectivity index is 2.27. The molecule has 0 bridgehead atoms. The van der Waals surface area contributed by atoms with Crippen LogP contribution < -0.4 is 9.83 Å². The van der Waals surface area contributed by atoms with E-state index >= 15 is 0 Å². The van der Waals surface area contributed by atoms with Gasteiger partial charge in [0.15, 0.2) is 21.2 Å². The highest BCUT2D eigenvalue weighted by atomic mass is 79.9. The van der Waals surface area contributed by atoms with E-state index in [1.165, 1.54) is 5.30 Å². The number of benzene rings is 2. The quantitative estimate of drug-likeness (QED) is 0.747. The first kappa shape index (κ1) is 12.6. The lowest BCUT2D eigenvalue weighted by atomic mass is 10.3. The highest BCUT2D eigenvalue weighted by Gasteiger charge is 2.39. The van der Waals surface area contributed by atoms with E-state index in [-0.39, 0.29) is 0 Å². The van der Waals surface area contributed by atoms with Crippen molar-refractivity contribution in [3.8, 4) is 5.75 Å². The normalized spacial score (nSPS) is 14.0. The van der Waals surface area contributed by atoms with E-state index in [4.69, 9.17) is 4.52 Å². The smallest absolute Gasteiger partial charge is 0.290 e. The van der Waals surface area contributed by atoms with Crippen molar-refractivity contribution in [1.82, 2.24) is 0 Å². The van der Waals surface area contributed by atoms with Gasteiger partial charge in [0.1, 0.15) is 11.5 Å². The van der Waals surface area contributed by atoms with Crippen LogP contribution in [0.4, 0.5) is 0 Å². The van der Waals surface area contributed by atoms with Crippen LogP contribution in [0.25, 0.3) is 0 Å². The minimum Gasteiger partial charge on any atom is -0.334 e. The Morgan fingerprint density at radius 3 is 2.00 bits per heavy atom. The number of hydrogen-bond donors (Lipinski definition) is 0. The zero-order chi connectivity index (χ0) is 12.1. The van der Waals surface area contributed by atoms with E-state index in [9.17, 15) is 0 Å². The van der Waals surface area contributed by atoms with Gasteiger partial charge in [-0.25, -0.2) is 0 Å². The molecule has 0 N–H and O–H groups in total. The zero-order valence-electron chi connectivity index (χ0n) is 9.71. The molecule has 1 atom stereocenters. The van der Waals surface area contributed by atoms with Crippen molar-refractivity contribution in [1.29, 1.82) is 0 Å². The van der Waals surface area contributed by atoms with Crippen LogP contribution in [0.2, 0.25) is 0 Å². The first-order chi connectivity index (χ1) is 8.24. The fraction of sp³-hybridized carbons (Fsp3) is 0.143. The Hall–Kier alpha value is -0.850. The summed E-state index contributed by atoms with van der Waals surface area (Å²) in [6.45, 7) is 2.15. The molecule has 0 saturated carbocycles. The predicted molar refractivity (Wildman–Crippen MR) is 79.5 cm³/mol. The molecule has 0 aliphatic heterocycles. The van der Waals surface area contributed by atoms with Gasteiger partial charge in [-0.05, 0) is 31.2 Å². The summed E-state index contributed by atoms with van der Waals surface area (Å²) in [5.74, 6) is 0.920. The second-order valence-corrected chi connectivity index (χ2v) is 9.78. The van der Waals surface area contributed by atoms with E-state index in [0.29, 0.717) is 0 Å². The highest BCUT2D eigenvalue weighted by Crippen LogP contribution is 2.64. The van der Waals surface area contributed by atoms with Crippen molar-refractivity contribution in [3.05, 3.63) is 60.7 Å². The molecule has 0 aliphatic rings.